The Labute approximate surface area is 145 Å². The van der Waals surface area contributed by atoms with Gasteiger partial charge in [0.2, 0.25) is 5.91 Å². The first-order valence-corrected chi connectivity index (χ1v) is 8.31. The van der Waals surface area contributed by atoms with E-state index in [0.717, 1.165) is 18.4 Å². The highest BCUT2D eigenvalue weighted by Crippen LogP contribution is 2.20. The lowest BCUT2D eigenvalue weighted by molar-refractivity contribution is -0.121. The van der Waals surface area contributed by atoms with Gasteiger partial charge in [-0.25, -0.2) is 9.37 Å². The van der Waals surface area contributed by atoms with Crippen molar-refractivity contribution in [1.29, 1.82) is 0 Å². The highest BCUT2D eigenvalue weighted by atomic mass is 19.1. The first-order chi connectivity index (χ1) is 12.0. The fourth-order valence-electron chi connectivity index (χ4n) is 2.98. The zero-order valence-corrected chi connectivity index (χ0v) is 14.0. The minimum Gasteiger partial charge on any atom is -0.338 e. The Balaban J connectivity index is 1.65. The third-order valence-electron chi connectivity index (χ3n) is 4.34. The van der Waals surface area contributed by atoms with Gasteiger partial charge in [-0.15, -0.1) is 0 Å². The van der Waals surface area contributed by atoms with Gasteiger partial charge in [-0.1, -0.05) is 0 Å². The minimum absolute atomic E-state index is 0.130. The molecule has 130 valence electrons. The molecule has 2 heterocycles. The van der Waals surface area contributed by atoms with E-state index in [1.54, 1.807) is 11.1 Å². The Morgan fingerprint density at radius 3 is 2.72 bits per heavy atom. The monoisotopic (exact) mass is 341 g/mol. The highest BCUT2D eigenvalue weighted by molar-refractivity contribution is 5.96. The predicted octanol–water partition coefficient (Wildman–Crippen LogP) is 3.02. The molecule has 25 heavy (non-hydrogen) atoms. The van der Waals surface area contributed by atoms with Crippen molar-refractivity contribution in [2.24, 2.45) is 5.92 Å². The standard InChI is InChI=1S/C19H20FN3O2/c1-13-8-9-21-17(11-13)22-18(24)15-3-2-10-23(12-15)19(25)14-4-6-16(20)7-5-14/h4-9,11,15H,2-3,10,12H2,1H3,(H,21,22,24)/t15-/m0/s1. The second-order valence-corrected chi connectivity index (χ2v) is 6.30. The summed E-state index contributed by atoms with van der Waals surface area (Å²) in [5.74, 6) is -0.438. The molecule has 1 aliphatic rings. The van der Waals surface area contributed by atoms with Crippen LogP contribution < -0.4 is 5.32 Å². The second-order valence-electron chi connectivity index (χ2n) is 6.30. The maximum Gasteiger partial charge on any atom is 0.253 e. The van der Waals surface area contributed by atoms with Crippen LogP contribution in [-0.2, 0) is 4.79 Å². The number of anilines is 1. The van der Waals surface area contributed by atoms with Crippen LogP contribution in [0.15, 0.2) is 42.6 Å². The number of likely N-dealkylation sites (tertiary alicyclic amines) is 1. The van der Waals surface area contributed by atoms with E-state index in [1.165, 1.54) is 24.3 Å². The molecule has 1 aromatic heterocycles. The summed E-state index contributed by atoms with van der Waals surface area (Å²) in [6.45, 7) is 2.89. The van der Waals surface area contributed by atoms with E-state index in [1.807, 2.05) is 19.1 Å². The molecule has 0 aliphatic carbocycles. The Kier molecular flexibility index (Phi) is 5.07. The molecular formula is C19H20FN3O2. The number of nitrogens with one attached hydrogen (secondary N) is 1. The van der Waals surface area contributed by atoms with Crippen molar-refractivity contribution < 1.29 is 14.0 Å². The number of carbonyl (C=O) groups excluding carboxylic acids is 2. The molecule has 2 amide bonds. The Bertz CT molecular complexity index is 776. The molecule has 1 aromatic carbocycles. The molecule has 1 aliphatic heterocycles. The average molecular weight is 341 g/mol. The molecule has 1 fully saturated rings. The van der Waals surface area contributed by atoms with Gasteiger partial charge < -0.3 is 10.2 Å². The molecule has 5 nitrogen and oxygen atoms in total. The lowest BCUT2D eigenvalue weighted by atomic mass is 9.96. The number of amides is 2. The average Bonchev–Trinajstić information content (AvgIpc) is 2.62. The zero-order valence-electron chi connectivity index (χ0n) is 14.0. The van der Waals surface area contributed by atoms with Crippen LogP contribution in [-0.4, -0.2) is 34.8 Å². The lowest BCUT2D eigenvalue weighted by Crippen LogP contribution is -2.43. The number of hydrogen-bond acceptors (Lipinski definition) is 3. The van der Waals surface area contributed by atoms with E-state index in [9.17, 15) is 14.0 Å². The number of nitrogens with zero attached hydrogens (tertiary/aromatic N) is 2. The summed E-state index contributed by atoms with van der Waals surface area (Å²) in [6.07, 6.45) is 3.13. The molecule has 1 atom stereocenters. The molecule has 1 saturated heterocycles. The number of pyridine rings is 1. The Morgan fingerprint density at radius 2 is 2.00 bits per heavy atom. The minimum atomic E-state index is -0.377. The van der Waals surface area contributed by atoms with Crippen molar-refractivity contribution in [3.8, 4) is 0 Å². The molecule has 2 aromatic rings. The number of piperidine rings is 1. The topological polar surface area (TPSA) is 62.3 Å². The summed E-state index contributed by atoms with van der Waals surface area (Å²) < 4.78 is 13.0. The van der Waals surface area contributed by atoms with Gasteiger partial charge in [0.15, 0.2) is 0 Å². The summed E-state index contributed by atoms with van der Waals surface area (Å²) in [6, 6.07) is 9.15. The van der Waals surface area contributed by atoms with Crippen LogP contribution in [0, 0.1) is 18.7 Å². The molecule has 3 rings (SSSR count). The van der Waals surface area contributed by atoms with Crippen LogP contribution in [0.1, 0.15) is 28.8 Å². The van der Waals surface area contributed by atoms with Crippen molar-refractivity contribution in [3.05, 3.63) is 59.5 Å². The zero-order chi connectivity index (χ0) is 17.8. The van der Waals surface area contributed by atoms with E-state index in [-0.39, 0.29) is 23.5 Å². The largest absolute Gasteiger partial charge is 0.338 e. The fraction of sp³-hybridized carbons (Fsp3) is 0.316. The molecule has 1 N–H and O–H groups in total. The van der Waals surface area contributed by atoms with Gasteiger partial charge in [-0.2, -0.15) is 0 Å². The van der Waals surface area contributed by atoms with Crippen LogP contribution in [0.5, 0.6) is 0 Å². The number of rotatable bonds is 3. The first-order valence-electron chi connectivity index (χ1n) is 8.31. The number of hydrogen-bond donors (Lipinski definition) is 1. The number of aromatic nitrogens is 1. The first kappa shape index (κ1) is 17.1. The number of benzene rings is 1. The van der Waals surface area contributed by atoms with Crippen molar-refractivity contribution >= 4 is 17.6 Å². The summed E-state index contributed by atoms with van der Waals surface area (Å²) in [4.78, 5) is 30.8. The third-order valence-corrected chi connectivity index (χ3v) is 4.34. The quantitative estimate of drug-likeness (QED) is 0.933. The normalized spacial score (nSPS) is 17.2. The molecule has 0 radical (unpaired) electrons. The van der Waals surface area contributed by atoms with Crippen LogP contribution in [0.25, 0.3) is 0 Å². The van der Waals surface area contributed by atoms with Gasteiger partial charge in [-0.05, 0) is 61.7 Å². The van der Waals surface area contributed by atoms with Crippen molar-refractivity contribution in [3.63, 3.8) is 0 Å². The number of aryl methyl sites for hydroxylation is 1. The van der Waals surface area contributed by atoms with E-state index < -0.39 is 0 Å². The highest BCUT2D eigenvalue weighted by Gasteiger charge is 2.29. The second kappa shape index (κ2) is 7.42. The lowest BCUT2D eigenvalue weighted by Gasteiger charge is -2.32. The van der Waals surface area contributed by atoms with Crippen molar-refractivity contribution in [1.82, 2.24) is 9.88 Å². The fourth-order valence-corrected chi connectivity index (χ4v) is 2.98. The van der Waals surface area contributed by atoms with E-state index in [2.05, 4.69) is 10.3 Å². The Hall–Kier alpha value is -2.76. The van der Waals surface area contributed by atoms with Crippen molar-refractivity contribution in [2.75, 3.05) is 18.4 Å². The predicted molar refractivity (Wildman–Crippen MR) is 92.6 cm³/mol. The van der Waals surface area contributed by atoms with Gasteiger partial charge in [0.1, 0.15) is 11.6 Å². The maximum absolute atomic E-state index is 13.0. The third kappa shape index (κ3) is 4.21. The smallest absolute Gasteiger partial charge is 0.253 e. The Morgan fingerprint density at radius 1 is 1.24 bits per heavy atom. The van der Waals surface area contributed by atoms with Crippen LogP contribution in [0.4, 0.5) is 10.2 Å². The molecule has 6 heteroatoms. The van der Waals surface area contributed by atoms with Gasteiger partial charge in [0, 0.05) is 24.8 Å². The summed E-state index contributed by atoms with van der Waals surface area (Å²) in [5.41, 5.74) is 1.45. The summed E-state index contributed by atoms with van der Waals surface area (Å²) in [7, 11) is 0. The van der Waals surface area contributed by atoms with Crippen molar-refractivity contribution in [2.45, 2.75) is 19.8 Å². The summed E-state index contributed by atoms with van der Waals surface area (Å²) in [5, 5.41) is 2.82. The molecule has 0 bridgehead atoms. The molecule has 0 unspecified atom stereocenters. The van der Waals surface area contributed by atoms with Crippen LogP contribution in [0.2, 0.25) is 0 Å². The number of carbonyl (C=O) groups is 2. The van der Waals surface area contributed by atoms with Gasteiger partial charge in [-0.3, -0.25) is 9.59 Å². The van der Waals surface area contributed by atoms with Gasteiger partial charge >= 0.3 is 0 Å². The molecular weight excluding hydrogens is 321 g/mol. The van der Waals surface area contributed by atoms with Gasteiger partial charge in [0.05, 0.1) is 5.92 Å². The maximum atomic E-state index is 13.0. The SMILES string of the molecule is Cc1ccnc(NC(=O)[C@H]2CCCN(C(=O)c3ccc(F)cc3)C2)c1. The number of halogens is 1. The van der Waals surface area contributed by atoms with Crippen LogP contribution >= 0.6 is 0 Å². The summed E-state index contributed by atoms with van der Waals surface area (Å²) >= 11 is 0. The molecule has 0 saturated carbocycles. The van der Waals surface area contributed by atoms with Gasteiger partial charge in [0.25, 0.3) is 5.91 Å². The molecule has 0 spiro atoms. The van der Waals surface area contributed by atoms with E-state index >= 15 is 0 Å². The van der Waals surface area contributed by atoms with E-state index in [4.69, 9.17) is 0 Å². The van der Waals surface area contributed by atoms with E-state index in [0.29, 0.717) is 24.5 Å². The van der Waals surface area contributed by atoms with Crippen LogP contribution in [0.3, 0.4) is 0 Å².